The van der Waals surface area contributed by atoms with E-state index in [1.807, 2.05) is 0 Å². The van der Waals surface area contributed by atoms with Gasteiger partial charge in [0.1, 0.15) is 0 Å². The molecule has 2 N–H and O–H groups in total. The van der Waals surface area contributed by atoms with Crippen molar-refractivity contribution in [3.8, 4) is 0 Å². The first kappa shape index (κ1) is 17.2. The number of nitrogens with two attached hydrogens (primary N) is 1. The monoisotopic (exact) mass is 336 g/mol. The standard InChI is InChI=1S/C14H19F3N2O2S/c15-14(16,17)7-8-19(9-11-5-6-11)10-12-3-1-2-4-13(12)22(18,20)21/h1-4,11H,5-10H2,(H2,18,20,21). The molecule has 1 saturated carbocycles. The van der Waals surface area contributed by atoms with Crippen molar-refractivity contribution < 1.29 is 21.6 Å². The second-order valence-corrected chi connectivity index (χ2v) is 7.23. The van der Waals surface area contributed by atoms with Gasteiger partial charge < -0.3 is 0 Å². The predicted octanol–water partition coefficient (Wildman–Crippen LogP) is 2.50. The van der Waals surface area contributed by atoms with Crippen molar-refractivity contribution in [2.24, 2.45) is 11.1 Å². The van der Waals surface area contributed by atoms with E-state index in [2.05, 4.69) is 0 Å². The smallest absolute Gasteiger partial charge is 0.298 e. The first-order valence-electron chi connectivity index (χ1n) is 7.05. The number of hydrogen-bond acceptors (Lipinski definition) is 3. The summed E-state index contributed by atoms with van der Waals surface area (Å²) in [5.74, 6) is 0.412. The molecule has 8 heteroatoms. The lowest BCUT2D eigenvalue weighted by Gasteiger charge is -2.24. The van der Waals surface area contributed by atoms with Gasteiger partial charge in [-0.3, -0.25) is 4.90 Å². The molecule has 0 amide bonds. The fourth-order valence-corrected chi connectivity index (χ4v) is 3.10. The maximum Gasteiger partial charge on any atom is 0.390 e. The van der Waals surface area contributed by atoms with E-state index in [1.165, 1.54) is 6.07 Å². The minimum absolute atomic E-state index is 0.0252. The van der Waals surface area contributed by atoms with Crippen LogP contribution in [0.2, 0.25) is 0 Å². The lowest BCUT2D eigenvalue weighted by molar-refractivity contribution is -0.138. The van der Waals surface area contributed by atoms with Crippen LogP contribution < -0.4 is 5.14 Å². The van der Waals surface area contributed by atoms with Gasteiger partial charge in [-0.05, 0) is 30.4 Å². The number of alkyl halides is 3. The summed E-state index contributed by atoms with van der Waals surface area (Å²) in [6, 6.07) is 6.17. The number of halogens is 3. The third kappa shape index (κ3) is 5.58. The SMILES string of the molecule is NS(=O)(=O)c1ccccc1CN(CCC(F)(F)F)CC1CC1. The summed E-state index contributed by atoms with van der Waals surface area (Å²) in [7, 11) is -3.88. The molecular weight excluding hydrogens is 317 g/mol. The molecule has 0 spiro atoms. The largest absolute Gasteiger partial charge is 0.390 e. The number of benzene rings is 1. The minimum Gasteiger partial charge on any atom is -0.298 e. The maximum absolute atomic E-state index is 12.4. The van der Waals surface area contributed by atoms with Crippen LogP contribution in [0.25, 0.3) is 0 Å². The number of rotatable bonds is 7. The van der Waals surface area contributed by atoms with Crippen LogP contribution in [-0.2, 0) is 16.6 Å². The highest BCUT2D eigenvalue weighted by atomic mass is 32.2. The molecule has 0 aromatic heterocycles. The first-order chi connectivity index (χ1) is 10.1. The Bertz CT molecular complexity index is 613. The molecule has 0 bridgehead atoms. The van der Waals surface area contributed by atoms with Gasteiger partial charge in [0.25, 0.3) is 0 Å². The molecule has 124 valence electrons. The van der Waals surface area contributed by atoms with E-state index in [-0.39, 0.29) is 18.0 Å². The van der Waals surface area contributed by atoms with Crippen molar-refractivity contribution in [2.75, 3.05) is 13.1 Å². The van der Waals surface area contributed by atoms with Gasteiger partial charge >= 0.3 is 6.18 Å². The minimum atomic E-state index is -4.22. The molecule has 0 unspecified atom stereocenters. The molecular formula is C14H19F3N2O2S. The fraction of sp³-hybridized carbons (Fsp3) is 0.571. The van der Waals surface area contributed by atoms with Crippen molar-refractivity contribution in [3.63, 3.8) is 0 Å². The van der Waals surface area contributed by atoms with Gasteiger partial charge in [0.2, 0.25) is 10.0 Å². The number of hydrogen-bond donors (Lipinski definition) is 1. The summed E-state index contributed by atoms with van der Waals surface area (Å²) in [6.07, 6.45) is -3.10. The Balaban J connectivity index is 2.12. The van der Waals surface area contributed by atoms with E-state index in [0.29, 0.717) is 18.0 Å². The normalized spacial score (nSPS) is 16.2. The van der Waals surface area contributed by atoms with Crippen LogP contribution in [0.15, 0.2) is 29.2 Å². The molecule has 0 saturated heterocycles. The van der Waals surface area contributed by atoms with Gasteiger partial charge in [-0.2, -0.15) is 13.2 Å². The van der Waals surface area contributed by atoms with Crippen LogP contribution in [0.5, 0.6) is 0 Å². The Morgan fingerprint density at radius 1 is 1.23 bits per heavy atom. The van der Waals surface area contributed by atoms with E-state index in [4.69, 9.17) is 5.14 Å². The molecule has 1 aliphatic rings. The number of primary sulfonamides is 1. The second kappa shape index (κ2) is 6.55. The summed E-state index contributed by atoms with van der Waals surface area (Å²) in [6.45, 7) is 0.563. The summed E-state index contributed by atoms with van der Waals surface area (Å²) >= 11 is 0. The molecule has 1 aliphatic carbocycles. The van der Waals surface area contributed by atoms with E-state index in [0.717, 1.165) is 12.8 Å². The van der Waals surface area contributed by atoms with Crippen molar-refractivity contribution >= 4 is 10.0 Å². The Labute approximate surface area is 128 Å². The summed E-state index contributed by atoms with van der Waals surface area (Å²) in [5, 5.41) is 5.16. The quantitative estimate of drug-likeness (QED) is 0.832. The number of nitrogens with zero attached hydrogens (tertiary/aromatic N) is 1. The lowest BCUT2D eigenvalue weighted by Crippen LogP contribution is -2.30. The van der Waals surface area contributed by atoms with Gasteiger partial charge in [-0.25, -0.2) is 13.6 Å². The highest BCUT2D eigenvalue weighted by molar-refractivity contribution is 7.89. The van der Waals surface area contributed by atoms with E-state index in [9.17, 15) is 21.6 Å². The van der Waals surface area contributed by atoms with Crippen LogP contribution in [0.1, 0.15) is 24.8 Å². The molecule has 1 fully saturated rings. The van der Waals surface area contributed by atoms with E-state index < -0.39 is 22.6 Å². The van der Waals surface area contributed by atoms with Crippen molar-refractivity contribution in [1.82, 2.24) is 4.90 Å². The zero-order chi connectivity index (χ0) is 16.4. The second-order valence-electron chi connectivity index (χ2n) is 5.70. The van der Waals surface area contributed by atoms with Crippen LogP contribution in [0.3, 0.4) is 0 Å². The van der Waals surface area contributed by atoms with Crippen molar-refractivity contribution in [3.05, 3.63) is 29.8 Å². The van der Waals surface area contributed by atoms with Gasteiger partial charge in [0, 0.05) is 19.6 Å². The van der Waals surface area contributed by atoms with Crippen LogP contribution >= 0.6 is 0 Å². The number of sulfonamides is 1. The lowest BCUT2D eigenvalue weighted by atomic mass is 10.2. The van der Waals surface area contributed by atoms with Crippen LogP contribution in [0.4, 0.5) is 13.2 Å². The van der Waals surface area contributed by atoms with Crippen molar-refractivity contribution in [1.29, 1.82) is 0 Å². The molecule has 0 heterocycles. The van der Waals surface area contributed by atoms with Crippen molar-refractivity contribution in [2.45, 2.75) is 36.9 Å². The molecule has 22 heavy (non-hydrogen) atoms. The summed E-state index contributed by atoms with van der Waals surface area (Å²) in [4.78, 5) is 1.64. The molecule has 1 aromatic carbocycles. The van der Waals surface area contributed by atoms with Gasteiger partial charge in [-0.1, -0.05) is 18.2 Å². The Morgan fingerprint density at radius 2 is 1.86 bits per heavy atom. The summed E-state index contributed by atoms with van der Waals surface area (Å²) in [5.41, 5.74) is 0.438. The summed E-state index contributed by atoms with van der Waals surface area (Å²) < 4.78 is 60.4. The Morgan fingerprint density at radius 3 is 2.41 bits per heavy atom. The molecule has 4 nitrogen and oxygen atoms in total. The van der Waals surface area contributed by atoms with Gasteiger partial charge in [-0.15, -0.1) is 0 Å². The van der Waals surface area contributed by atoms with Crippen LogP contribution in [0, 0.1) is 5.92 Å². The topological polar surface area (TPSA) is 63.4 Å². The zero-order valence-corrected chi connectivity index (χ0v) is 12.8. The Hall–Kier alpha value is -1.12. The zero-order valence-electron chi connectivity index (χ0n) is 12.0. The average molecular weight is 336 g/mol. The van der Waals surface area contributed by atoms with Crippen LogP contribution in [-0.4, -0.2) is 32.6 Å². The van der Waals surface area contributed by atoms with E-state index in [1.54, 1.807) is 23.1 Å². The predicted molar refractivity (Wildman–Crippen MR) is 76.5 cm³/mol. The highest BCUT2D eigenvalue weighted by Crippen LogP contribution is 2.31. The maximum atomic E-state index is 12.4. The van der Waals surface area contributed by atoms with Gasteiger partial charge in [0.15, 0.2) is 0 Å². The highest BCUT2D eigenvalue weighted by Gasteiger charge is 2.30. The van der Waals surface area contributed by atoms with Gasteiger partial charge in [0.05, 0.1) is 11.3 Å². The average Bonchev–Trinajstić information content (AvgIpc) is 3.18. The molecule has 2 rings (SSSR count). The fourth-order valence-electron chi connectivity index (χ4n) is 2.34. The van der Waals surface area contributed by atoms with E-state index >= 15 is 0 Å². The molecule has 0 aliphatic heterocycles. The third-order valence-electron chi connectivity index (χ3n) is 3.60. The first-order valence-corrected chi connectivity index (χ1v) is 8.59. The molecule has 0 radical (unpaired) electrons. The Kier molecular flexibility index (Phi) is 5.14. The third-order valence-corrected chi connectivity index (χ3v) is 4.61. The molecule has 1 aromatic rings. The molecule has 0 atom stereocenters.